The summed E-state index contributed by atoms with van der Waals surface area (Å²) in [4.78, 5) is 10.5. The third kappa shape index (κ3) is 3.92. The number of hydrazine groups is 1. The number of primary amides is 1. The Morgan fingerprint density at radius 2 is 1.71 bits per heavy atom. The van der Waals surface area contributed by atoms with Crippen molar-refractivity contribution < 1.29 is 4.79 Å². The third-order valence-electron chi connectivity index (χ3n) is 2.21. The summed E-state index contributed by atoms with van der Waals surface area (Å²) in [5.41, 5.74) is 13.9. The van der Waals surface area contributed by atoms with Crippen LogP contribution in [0.1, 0.15) is 16.7 Å². The zero-order valence-corrected chi connectivity index (χ0v) is 10.9. The first-order chi connectivity index (χ1) is 7.90. The molecule has 1 aromatic rings. The monoisotopic (exact) mass is 252 g/mol. The highest BCUT2D eigenvalue weighted by Crippen LogP contribution is 2.21. The van der Waals surface area contributed by atoms with Gasteiger partial charge in [-0.3, -0.25) is 5.43 Å². The first kappa shape index (κ1) is 13.2. The van der Waals surface area contributed by atoms with Gasteiger partial charge >= 0.3 is 6.03 Å². The number of urea groups is 1. The SMILES string of the molecule is Cc1cc(C)c(NC(=S)NNC(N)=O)c(C)c1. The van der Waals surface area contributed by atoms with Crippen LogP contribution < -0.4 is 21.9 Å². The van der Waals surface area contributed by atoms with Crippen molar-refractivity contribution >= 4 is 29.0 Å². The van der Waals surface area contributed by atoms with E-state index in [9.17, 15) is 4.79 Å². The van der Waals surface area contributed by atoms with E-state index in [-0.39, 0.29) is 0 Å². The van der Waals surface area contributed by atoms with Crippen molar-refractivity contribution in [3.63, 3.8) is 0 Å². The van der Waals surface area contributed by atoms with E-state index in [0.29, 0.717) is 5.11 Å². The first-order valence-corrected chi connectivity index (χ1v) is 5.51. The molecule has 0 saturated heterocycles. The summed E-state index contributed by atoms with van der Waals surface area (Å²) in [7, 11) is 0. The molecule has 6 heteroatoms. The highest BCUT2D eigenvalue weighted by molar-refractivity contribution is 7.80. The predicted molar refractivity (Wildman–Crippen MR) is 72.7 cm³/mol. The number of benzene rings is 1. The second kappa shape index (κ2) is 5.49. The lowest BCUT2D eigenvalue weighted by molar-refractivity contribution is 0.247. The quantitative estimate of drug-likeness (QED) is 0.451. The highest BCUT2D eigenvalue weighted by Gasteiger charge is 2.05. The molecule has 1 aromatic carbocycles. The number of carbonyl (C=O) groups is 1. The number of rotatable bonds is 1. The van der Waals surface area contributed by atoms with Crippen LogP contribution in [0.25, 0.3) is 0 Å². The molecule has 0 aromatic heterocycles. The van der Waals surface area contributed by atoms with E-state index in [1.54, 1.807) is 0 Å². The summed E-state index contributed by atoms with van der Waals surface area (Å²) < 4.78 is 0. The molecular weight excluding hydrogens is 236 g/mol. The summed E-state index contributed by atoms with van der Waals surface area (Å²) in [6.07, 6.45) is 0. The smallest absolute Gasteiger partial charge is 0.330 e. The molecule has 0 saturated carbocycles. The lowest BCUT2D eigenvalue weighted by atomic mass is 10.1. The van der Waals surface area contributed by atoms with Crippen molar-refractivity contribution in [3.05, 3.63) is 28.8 Å². The van der Waals surface area contributed by atoms with Crippen LogP contribution in [0.5, 0.6) is 0 Å². The Balaban J connectivity index is 2.75. The fraction of sp³-hybridized carbons (Fsp3) is 0.273. The Kier molecular flexibility index (Phi) is 4.28. The maximum absolute atomic E-state index is 10.5. The lowest BCUT2D eigenvalue weighted by Crippen LogP contribution is -2.46. The van der Waals surface area contributed by atoms with Gasteiger partial charge in [0.2, 0.25) is 0 Å². The molecular formula is C11H16N4OS. The highest BCUT2D eigenvalue weighted by atomic mass is 32.1. The number of nitrogens with two attached hydrogens (primary N) is 1. The van der Waals surface area contributed by atoms with Crippen molar-refractivity contribution in [1.82, 2.24) is 10.9 Å². The fourth-order valence-corrected chi connectivity index (χ4v) is 1.79. The van der Waals surface area contributed by atoms with Crippen LogP contribution in [0, 0.1) is 20.8 Å². The van der Waals surface area contributed by atoms with Crippen LogP contribution in [0.15, 0.2) is 12.1 Å². The number of anilines is 1. The fourth-order valence-electron chi connectivity index (χ4n) is 1.64. The average molecular weight is 252 g/mol. The standard InChI is InChI=1S/C11H16N4OS/c1-6-4-7(2)9(8(3)5-6)13-11(17)15-14-10(12)16/h4-5H,1-3H3,(H3,12,14,16)(H2,13,15,17). The molecule has 17 heavy (non-hydrogen) atoms. The van der Waals surface area contributed by atoms with Gasteiger partial charge in [-0.05, 0) is 44.1 Å². The van der Waals surface area contributed by atoms with Gasteiger partial charge in [0.25, 0.3) is 0 Å². The van der Waals surface area contributed by atoms with Crippen LogP contribution in [0.4, 0.5) is 10.5 Å². The first-order valence-electron chi connectivity index (χ1n) is 5.10. The molecule has 0 aliphatic rings. The van der Waals surface area contributed by atoms with Crippen molar-refractivity contribution in [2.45, 2.75) is 20.8 Å². The topological polar surface area (TPSA) is 79.2 Å². The maximum Gasteiger partial charge on any atom is 0.330 e. The van der Waals surface area contributed by atoms with E-state index in [1.807, 2.05) is 20.8 Å². The second-order valence-corrected chi connectivity index (χ2v) is 4.25. The number of hydrogen-bond acceptors (Lipinski definition) is 2. The van der Waals surface area contributed by atoms with Crippen LogP contribution in [-0.4, -0.2) is 11.1 Å². The van der Waals surface area contributed by atoms with E-state index in [4.69, 9.17) is 18.0 Å². The Morgan fingerprint density at radius 1 is 1.18 bits per heavy atom. The van der Waals surface area contributed by atoms with E-state index in [2.05, 4.69) is 28.3 Å². The van der Waals surface area contributed by atoms with E-state index in [0.717, 1.165) is 16.8 Å². The van der Waals surface area contributed by atoms with Gasteiger partial charge in [-0.15, -0.1) is 0 Å². The Hall–Kier alpha value is -1.82. The van der Waals surface area contributed by atoms with Gasteiger partial charge in [0.15, 0.2) is 5.11 Å². The Labute approximate surface area is 106 Å². The Bertz CT molecular complexity index is 436. The van der Waals surface area contributed by atoms with Crippen molar-refractivity contribution in [2.24, 2.45) is 5.73 Å². The van der Waals surface area contributed by atoms with Crippen molar-refractivity contribution in [3.8, 4) is 0 Å². The molecule has 0 spiro atoms. The van der Waals surface area contributed by atoms with Gasteiger partial charge in [0.1, 0.15) is 0 Å². The van der Waals surface area contributed by atoms with Crippen LogP contribution in [0.3, 0.4) is 0 Å². The predicted octanol–water partition coefficient (Wildman–Crippen LogP) is 1.48. The number of aryl methyl sites for hydroxylation is 3. The number of hydrogen-bond donors (Lipinski definition) is 4. The van der Waals surface area contributed by atoms with Crippen LogP contribution >= 0.6 is 12.2 Å². The molecule has 0 heterocycles. The van der Waals surface area contributed by atoms with E-state index in [1.165, 1.54) is 5.56 Å². The zero-order chi connectivity index (χ0) is 13.0. The molecule has 1 rings (SSSR count). The molecule has 0 aliphatic carbocycles. The average Bonchev–Trinajstić information content (AvgIpc) is 2.20. The molecule has 0 fully saturated rings. The minimum atomic E-state index is -0.688. The van der Waals surface area contributed by atoms with E-state index < -0.39 is 6.03 Å². The number of thiocarbonyl (C=S) groups is 1. The zero-order valence-electron chi connectivity index (χ0n) is 10.0. The Morgan fingerprint density at radius 3 is 2.18 bits per heavy atom. The number of nitrogens with one attached hydrogen (secondary N) is 3. The summed E-state index contributed by atoms with van der Waals surface area (Å²) >= 11 is 5.01. The summed E-state index contributed by atoms with van der Waals surface area (Å²) in [5.74, 6) is 0. The largest absolute Gasteiger partial charge is 0.350 e. The minimum Gasteiger partial charge on any atom is -0.350 e. The molecule has 0 bridgehead atoms. The van der Waals surface area contributed by atoms with Gasteiger partial charge in [-0.25, -0.2) is 10.2 Å². The lowest BCUT2D eigenvalue weighted by Gasteiger charge is -2.15. The van der Waals surface area contributed by atoms with Gasteiger partial charge in [-0.1, -0.05) is 17.7 Å². The third-order valence-corrected chi connectivity index (χ3v) is 2.42. The minimum absolute atomic E-state index is 0.291. The molecule has 5 nitrogen and oxygen atoms in total. The second-order valence-electron chi connectivity index (χ2n) is 3.84. The maximum atomic E-state index is 10.5. The van der Waals surface area contributed by atoms with Crippen LogP contribution in [0.2, 0.25) is 0 Å². The van der Waals surface area contributed by atoms with E-state index >= 15 is 0 Å². The molecule has 5 N–H and O–H groups in total. The van der Waals surface area contributed by atoms with Gasteiger partial charge < -0.3 is 11.1 Å². The summed E-state index contributed by atoms with van der Waals surface area (Å²) in [6.45, 7) is 6.02. The molecule has 0 unspecified atom stereocenters. The molecule has 0 radical (unpaired) electrons. The summed E-state index contributed by atoms with van der Waals surface area (Å²) in [5, 5.41) is 3.30. The van der Waals surface area contributed by atoms with Gasteiger partial charge in [0, 0.05) is 5.69 Å². The normalized spacial score (nSPS) is 9.59. The van der Waals surface area contributed by atoms with Crippen molar-refractivity contribution in [2.75, 3.05) is 5.32 Å². The molecule has 0 aliphatic heterocycles. The number of carbonyl (C=O) groups excluding carboxylic acids is 1. The summed E-state index contributed by atoms with van der Waals surface area (Å²) in [6, 6.07) is 3.42. The number of amides is 2. The molecule has 92 valence electrons. The van der Waals surface area contributed by atoms with Gasteiger partial charge in [0.05, 0.1) is 0 Å². The van der Waals surface area contributed by atoms with Gasteiger partial charge in [-0.2, -0.15) is 0 Å². The van der Waals surface area contributed by atoms with Crippen LogP contribution in [-0.2, 0) is 0 Å². The molecule has 0 atom stereocenters. The molecule has 2 amide bonds. The van der Waals surface area contributed by atoms with Crippen molar-refractivity contribution in [1.29, 1.82) is 0 Å².